The molecule has 0 N–H and O–H groups in total. The van der Waals surface area contributed by atoms with E-state index < -0.39 is 0 Å². The summed E-state index contributed by atoms with van der Waals surface area (Å²) in [6.07, 6.45) is 1.90. The summed E-state index contributed by atoms with van der Waals surface area (Å²) >= 11 is 6.29. The Morgan fingerprint density at radius 1 is 0.895 bits per heavy atom. The Morgan fingerprint density at radius 3 is 2.11 bits per heavy atom. The van der Waals surface area contributed by atoms with E-state index in [1.165, 1.54) is 53.3 Å². The van der Waals surface area contributed by atoms with Crippen LogP contribution in [0.15, 0.2) is 24.4 Å². The Bertz CT molecular complexity index is 323. The van der Waals surface area contributed by atoms with Crippen LogP contribution in [-0.4, -0.2) is 57.5 Å². The molecule has 2 nitrogen and oxygen atoms in total. The third-order valence-electron chi connectivity index (χ3n) is 2.96. The zero-order valence-electron chi connectivity index (χ0n) is 11.3. The van der Waals surface area contributed by atoms with Gasteiger partial charge in [0.15, 0.2) is 0 Å². The van der Waals surface area contributed by atoms with Gasteiger partial charge in [0.1, 0.15) is 0 Å². The summed E-state index contributed by atoms with van der Waals surface area (Å²) in [5.74, 6) is 7.71. The van der Waals surface area contributed by atoms with Crippen LogP contribution >= 0.6 is 35.3 Å². The van der Waals surface area contributed by atoms with Gasteiger partial charge in [0.25, 0.3) is 0 Å². The van der Waals surface area contributed by atoms with Gasteiger partial charge in [0.05, 0.1) is 5.69 Å². The van der Waals surface area contributed by atoms with E-state index >= 15 is 0 Å². The van der Waals surface area contributed by atoms with E-state index in [4.69, 9.17) is 0 Å². The molecule has 2 heterocycles. The van der Waals surface area contributed by atoms with Crippen molar-refractivity contribution >= 4 is 35.3 Å². The molecule has 0 aromatic carbocycles. The summed E-state index contributed by atoms with van der Waals surface area (Å²) in [5, 5.41) is 0. The van der Waals surface area contributed by atoms with Crippen LogP contribution in [0.4, 0.5) is 0 Å². The first-order valence-corrected chi connectivity index (χ1v) is 10.3. The van der Waals surface area contributed by atoms with E-state index in [1.54, 1.807) is 0 Å². The van der Waals surface area contributed by atoms with Crippen LogP contribution in [0.2, 0.25) is 0 Å². The molecule has 0 saturated carbocycles. The van der Waals surface area contributed by atoms with Gasteiger partial charge in [-0.1, -0.05) is 6.07 Å². The van der Waals surface area contributed by atoms with E-state index in [9.17, 15) is 0 Å². The lowest BCUT2D eigenvalue weighted by atomic mass is 10.3. The highest BCUT2D eigenvalue weighted by atomic mass is 32.2. The Morgan fingerprint density at radius 2 is 1.53 bits per heavy atom. The average molecular weight is 315 g/mol. The molecule has 1 saturated heterocycles. The molecule has 0 radical (unpaired) electrons. The molecule has 106 valence electrons. The Labute approximate surface area is 129 Å². The summed E-state index contributed by atoms with van der Waals surface area (Å²) in [6.45, 7) is 3.37. The summed E-state index contributed by atoms with van der Waals surface area (Å²) in [7, 11) is 0. The number of nitrogens with zero attached hydrogens (tertiary/aromatic N) is 2. The van der Waals surface area contributed by atoms with Crippen LogP contribution in [0.1, 0.15) is 5.69 Å². The van der Waals surface area contributed by atoms with E-state index in [1.807, 2.05) is 12.3 Å². The molecule has 0 bridgehead atoms. The van der Waals surface area contributed by atoms with E-state index in [2.05, 4.69) is 57.3 Å². The van der Waals surface area contributed by atoms with Crippen LogP contribution in [-0.2, 0) is 6.54 Å². The molecule has 0 unspecified atom stereocenters. The van der Waals surface area contributed by atoms with Crippen LogP contribution in [0.25, 0.3) is 0 Å². The highest BCUT2D eigenvalue weighted by Crippen LogP contribution is 2.13. The number of aromatic nitrogens is 1. The van der Waals surface area contributed by atoms with Gasteiger partial charge < -0.3 is 0 Å². The second-order valence-electron chi connectivity index (χ2n) is 4.43. The molecule has 0 amide bonds. The third kappa shape index (κ3) is 6.93. The number of rotatable bonds is 2. The summed E-state index contributed by atoms with van der Waals surface area (Å²) in [5.41, 5.74) is 1.19. The molecule has 1 aromatic heterocycles. The van der Waals surface area contributed by atoms with Crippen LogP contribution in [0, 0.1) is 0 Å². The van der Waals surface area contributed by atoms with Gasteiger partial charge in [-0.15, -0.1) is 0 Å². The minimum atomic E-state index is 0.997. The Balaban J connectivity index is 1.81. The van der Waals surface area contributed by atoms with Gasteiger partial charge in [-0.3, -0.25) is 9.88 Å². The lowest BCUT2D eigenvalue weighted by Gasteiger charge is -2.22. The second kappa shape index (κ2) is 9.97. The minimum Gasteiger partial charge on any atom is -0.296 e. The first kappa shape index (κ1) is 15.5. The van der Waals surface area contributed by atoms with E-state index in [0.717, 1.165) is 6.54 Å². The fraction of sp³-hybridized carbons (Fsp3) is 0.643. The summed E-state index contributed by atoms with van der Waals surface area (Å²) in [4.78, 5) is 7.00. The average Bonchev–Trinajstić information content (AvgIpc) is 2.43. The highest BCUT2D eigenvalue weighted by molar-refractivity contribution is 8.04. The molecule has 1 aliphatic rings. The van der Waals surface area contributed by atoms with Crippen LogP contribution < -0.4 is 0 Å². The predicted octanol–water partition coefficient (Wildman–Crippen LogP) is 3.10. The number of pyridine rings is 1. The minimum absolute atomic E-state index is 0.997. The largest absolute Gasteiger partial charge is 0.296 e. The predicted molar refractivity (Wildman–Crippen MR) is 91.5 cm³/mol. The van der Waals surface area contributed by atoms with Crippen molar-refractivity contribution in [1.82, 2.24) is 9.88 Å². The molecule has 0 spiro atoms. The Kier molecular flexibility index (Phi) is 8.16. The molecule has 5 heteroatoms. The maximum Gasteiger partial charge on any atom is 0.0543 e. The van der Waals surface area contributed by atoms with Crippen molar-refractivity contribution in [1.29, 1.82) is 0 Å². The molecule has 19 heavy (non-hydrogen) atoms. The van der Waals surface area contributed by atoms with Gasteiger partial charge in [-0.2, -0.15) is 35.3 Å². The van der Waals surface area contributed by atoms with Crippen molar-refractivity contribution in [3.63, 3.8) is 0 Å². The zero-order chi connectivity index (χ0) is 13.2. The maximum atomic E-state index is 4.44. The number of thioether (sulfide) groups is 3. The fourth-order valence-corrected chi connectivity index (χ4v) is 5.19. The highest BCUT2D eigenvalue weighted by Gasteiger charge is 2.07. The quantitative estimate of drug-likeness (QED) is 0.831. The van der Waals surface area contributed by atoms with E-state index in [0.29, 0.717) is 0 Å². The second-order valence-corrected chi connectivity index (χ2v) is 8.11. The van der Waals surface area contributed by atoms with E-state index in [-0.39, 0.29) is 0 Å². The van der Waals surface area contributed by atoms with Crippen molar-refractivity contribution in [2.75, 3.05) is 47.6 Å². The first-order valence-electron chi connectivity index (χ1n) is 6.80. The topological polar surface area (TPSA) is 16.1 Å². The van der Waals surface area contributed by atoms with Gasteiger partial charge in [-0.05, 0) is 12.1 Å². The van der Waals surface area contributed by atoms with Crippen molar-refractivity contribution in [3.8, 4) is 0 Å². The third-order valence-corrected chi connectivity index (χ3v) is 6.39. The van der Waals surface area contributed by atoms with Crippen LogP contribution in [0.5, 0.6) is 0 Å². The van der Waals surface area contributed by atoms with Gasteiger partial charge >= 0.3 is 0 Å². The van der Waals surface area contributed by atoms with Crippen LogP contribution in [0.3, 0.4) is 0 Å². The normalized spacial score (nSPS) is 20.4. The molecular weight excluding hydrogens is 292 g/mol. The zero-order valence-corrected chi connectivity index (χ0v) is 13.7. The lowest BCUT2D eigenvalue weighted by Crippen LogP contribution is -2.29. The lowest BCUT2D eigenvalue weighted by molar-refractivity contribution is 0.297. The number of hydrogen-bond acceptors (Lipinski definition) is 5. The molecule has 1 fully saturated rings. The monoisotopic (exact) mass is 314 g/mol. The van der Waals surface area contributed by atoms with Crippen molar-refractivity contribution in [2.24, 2.45) is 0 Å². The fourth-order valence-electron chi connectivity index (χ4n) is 1.92. The van der Waals surface area contributed by atoms with Crippen molar-refractivity contribution in [3.05, 3.63) is 30.1 Å². The van der Waals surface area contributed by atoms with Gasteiger partial charge in [0, 0.05) is 60.3 Å². The van der Waals surface area contributed by atoms with Gasteiger partial charge in [-0.25, -0.2) is 0 Å². The molecular formula is C14H22N2S3. The summed E-state index contributed by atoms with van der Waals surface area (Å²) in [6, 6.07) is 6.20. The standard InChI is InChI=1S/C14H22N2S3/c1-2-4-15-14(3-1)13-16-5-7-17-9-11-19-12-10-18-8-6-16/h1-4H,5-13H2. The van der Waals surface area contributed by atoms with Gasteiger partial charge in [0.2, 0.25) is 0 Å². The van der Waals surface area contributed by atoms with Crippen molar-refractivity contribution < 1.29 is 0 Å². The first-order chi connectivity index (χ1) is 9.45. The SMILES string of the molecule is c1ccc(CN2CCSCCSCCSCC2)nc1. The smallest absolute Gasteiger partial charge is 0.0543 e. The van der Waals surface area contributed by atoms with Crippen molar-refractivity contribution in [2.45, 2.75) is 6.54 Å². The molecule has 2 rings (SSSR count). The summed E-state index contributed by atoms with van der Waals surface area (Å²) < 4.78 is 0. The Hall–Kier alpha value is 0.160. The molecule has 1 aromatic rings. The number of hydrogen-bond donors (Lipinski definition) is 0. The maximum absolute atomic E-state index is 4.44. The molecule has 0 atom stereocenters. The molecule has 1 aliphatic heterocycles. The molecule has 0 aliphatic carbocycles.